The summed E-state index contributed by atoms with van der Waals surface area (Å²) in [6.45, 7) is 0. The van der Waals surface area contributed by atoms with Crippen LogP contribution in [0, 0.1) is 0 Å². The SMILES string of the molecule is O=C(Nc1cc(Cl)cc(Cl)c1)c1csc(-c2ccccc2)n1. The van der Waals surface area contributed by atoms with Gasteiger partial charge in [0.2, 0.25) is 0 Å². The van der Waals surface area contributed by atoms with Crippen LogP contribution in [-0.2, 0) is 0 Å². The lowest BCUT2D eigenvalue weighted by Gasteiger charge is -2.04. The molecule has 2 aromatic carbocycles. The fraction of sp³-hybridized carbons (Fsp3) is 0. The smallest absolute Gasteiger partial charge is 0.275 e. The quantitative estimate of drug-likeness (QED) is 0.691. The van der Waals surface area contributed by atoms with Crippen LogP contribution in [0.25, 0.3) is 10.6 Å². The van der Waals surface area contributed by atoms with Crippen LogP contribution in [-0.4, -0.2) is 10.9 Å². The van der Waals surface area contributed by atoms with Crippen molar-refractivity contribution in [3.8, 4) is 10.6 Å². The van der Waals surface area contributed by atoms with E-state index in [0.717, 1.165) is 10.6 Å². The lowest BCUT2D eigenvalue weighted by Crippen LogP contribution is -2.12. The molecular formula is C16H10Cl2N2OS. The van der Waals surface area contributed by atoms with Gasteiger partial charge in [-0.15, -0.1) is 11.3 Å². The third kappa shape index (κ3) is 3.47. The van der Waals surface area contributed by atoms with Crippen LogP contribution in [0.2, 0.25) is 10.0 Å². The molecule has 1 aromatic heterocycles. The predicted molar refractivity (Wildman–Crippen MR) is 92.0 cm³/mol. The number of aromatic nitrogens is 1. The Labute approximate surface area is 141 Å². The van der Waals surface area contributed by atoms with E-state index < -0.39 is 0 Å². The van der Waals surface area contributed by atoms with Crippen LogP contribution in [0.3, 0.4) is 0 Å². The van der Waals surface area contributed by atoms with Crippen molar-refractivity contribution in [1.82, 2.24) is 4.98 Å². The van der Waals surface area contributed by atoms with E-state index in [1.54, 1.807) is 23.6 Å². The predicted octanol–water partition coefficient (Wildman–Crippen LogP) is 5.37. The molecule has 110 valence electrons. The number of halogens is 2. The Balaban J connectivity index is 1.80. The Morgan fingerprint density at radius 2 is 1.73 bits per heavy atom. The highest BCUT2D eigenvalue weighted by atomic mass is 35.5. The number of rotatable bonds is 3. The fourth-order valence-corrected chi connectivity index (χ4v) is 3.24. The maximum Gasteiger partial charge on any atom is 0.275 e. The molecule has 1 heterocycles. The average Bonchev–Trinajstić information content (AvgIpc) is 2.97. The van der Waals surface area contributed by atoms with Crippen LogP contribution >= 0.6 is 34.5 Å². The van der Waals surface area contributed by atoms with Crippen molar-refractivity contribution in [2.24, 2.45) is 0 Å². The molecule has 0 aliphatic carbocycles. The molecule has 3 rings (SSSR count). The highest BCUT2D eigenvalue weighted by Crippen LogP contribution is 2.25. The Morgan fingerprint density at radius 1 is 1.05 bits per heavy atom. The molecule has 0 aliphatic heterocycles. The largest absolute Gasteiger partial charge is 0.321 e. The summed E-state index contributed by atoms with van der Waals surface area (Å²) in [5, 5.41) is 6.20. The van der Waals surface area contributed by atoms with E-state index in [-0.39, 0.29) is 5.91 Å². The summed E-state index contributed by atoms with van der Waals surface area (Å²) >= 11 is 13.3. The van der Waals surface area contributed by atoms with Crippen LogP contribution in [0.5, 0.6) is 0 Å². The molecule has 1 amide bonds. The number of carbonyl (C=O) groups is 1. The Kier molecular flexibility index (Phi) is 4.43. The normalized spacial score (nSPS) is 10.5. The van der Waals surface area contributed by atoms with E-state index in [1.807, 2.05) is 30.3 Å². The molecule has 0 aliphatic rings. The van der Waals surface area contributed by atoms with Crippen molar-refractivity contribution in [1.29, 1.82) is 0 Å². The van der Waals surface area contributed by atoms with E-state index in [0.29, 0.717) is 21.4 Å². The third-order valence-corrected chi connectivity index (χ3v) is 4.21. The number of nitrogens with one attached hydrogen (secondary N) is 1. The lowest BCUT2D eigenvalue weighted by atomic mass is 10.2. The van der Waals surface area contributed by atoms with Gasteiger partial charge in [0.15, 0.2) is 0 Å². The summed E-state index contributed by atoms with van der Waals surface area (Å²) in [6.07, 6.45) is 0. The summed E-state index contributed by atoms with van der Waals surface area (Å²) < 4.78 is 0. The van der Waals surface area contributed by atoms with Crippen LogP contribution in [0.4, 0.5) is 5.69 Å². The van der Waals surface area contributed by atoms with Gasteiger partial charge >= 0.3 is 0 Å². The topological polar surface area (TPSA) is 42.0 Å². The molecule has 0 bridgehead atoms. The molecule has 3 aromatic rings. The van der Waals surface area contributed by atoms with Gasteiger partial charge in [-0.1, -0.05) is 53.5 Å². The molecule has 0 fully saturated rings. The summed E-state index contributed by atoms with van der Waals surface area (Å²) in [5.74, 6) is -0.295. The number of hydrogen-bond acceptors (Lipinski definition) is 3. The lowest BCUT2D eigenvalue weighted by molar-refractivity contribution is 0.102. The molecule has 0 atom stereocenters. The molecule has 0 unspecified atom stereocenters. The van der Waals surface area contributed by atoms with E-state index >= 15 is 0 Å². The first-order valence-corrected chi connectivity index (χ1v) is 8.04. The average molecular weight is 349 g/mol. The highest BCUT2D eigenvalue weighted by molar-refractivity contribution is 7.13. The van der Waals surface area contributed by atoms with Gasteiger partial charge in [-0.05, 0) is 18.2 Å². The fourth-order valence-electron chi connectivity index (χ4n) is 1.91. The highest BCUT2D eigenvalue weighted by Gasteiger charge is 2.12. The summed E-state index contributed by atoms with van der Waals surface area (Å²) in [6, 6.07) is 14.6. The second-order valence-electron chi connectivity index (χ2n) is 4.52. The van der Waals surface area contributed by atoms with Crippen molar-refractivity contribution in [2.45, 2.75) is 0 Å². The van der Waals surface area contributed by atoms with Crippen molar-refractivity contribution in [3.05, 3.63) is 69.7 Å². The van der Waals surface area contributed by atoms with Crippen LogP contribution in [0.15, 0.2) is 53.9 Å². The maximum atomic E-state index is 12.2. The first kappa shape index (κ1) is 15.0. The second-order valence-corrected chi connectivity index (χ2v) is 6.25. The zero-order valence-electron chi connectivity index (χ0n) is 11.2. The van der Waals surface area contributed by atoms with Gasteiger partial charge in [0.1, 0.15) is 10.7 Å². The summed E-state index contributed by atoms with van der Waals surface area (Å²) in [4.78, 5) is 16.6. The number of carbonyl (C=O) groups excluding carboxylic acids is 1. The third-order valence-electron chi connectivity index (χ3n) is 2.88. The Morgan fingerprint density at radius 3 is 2.41 bits per heavy atom. The number of nitrogens with zero attached hydrogens (tertiary/aromatic N) is 1. The van der Waals surface area contributed by atoms with Gasteiger partial charge in [-0.25, -0.2) is 4.98 Å². The minimum absolute atomic E-state index is 0.295. The van der Waals surface area contributed by atoms with Gasteiger partial charge < -0.3 is 5.32 Å². The first-order valence-electron chi connectivity index (χ1n) is 6.40. The van der Waals surface area contributed by atoms with Gasteiger partial charge in [0.05, 0.1) is 0 Å². The van der Waals surface area contributed by atoms with E-state index in [2.05, 4.69) is 10.3 Å². The number of amides is 1. The van der Waals surface area contributed by atoms with Gasteiger partial charge in [-0.3, -0.25) is 4.79 Å². The van der Waals surface area contributed by atoms with Gasteiger partial charge in [-0.2, -0.15) is 0 Å². The monoisotopic (exact) mass is 348 g/mol. The first-order chi connectivity index (χ1) is 10.6. The molecule has 3 nitrogen and oxygen atoms in total. The molecule has 6 heteroatoms. The van der Waals surface area contributed by atoms with Crippen molar-refractivity contribution in [3.63, 3.8) is 0 Å². The zero-order valence-corrected chi connectivity index (χ0v) is 13.5. The van der Waals surface area contributed by atoms with Gasteiger partial charge in [0.25, 0.3) is 5.91 Å². The van der Waals surface area contributed by atoms with Gasteiger partial charge in [0, 0.05) is 26.7 Å². The van der Waals surface area contributed by atoms with E-state index in [4.69, 9.17) is 23.2 Å². The molecule has 0 spiro atoms. The standard InChI is InChI=1S/C16H10Cl2N2OS/c17-11-6-12(18)8-13(7-11)19-15(21)14-9-22-16(20-14)10-4-2-1-3-5-10/h1-9H,(H,19,21). The molecule has 0 saturated carbocycles. The van der Waals surface area contributed by atoms with Crippen LogP contribution in [0.1, 0.15) is 10.5 Å². The molecule has 22 heavy (non-hydrogen) atoms. The zero-order chi connectivity index (χ0) is 15.5. The Bertz CT molecular complexity index is 798. The van der Waals surface area contributed by atoms with Crippen molar-refractivity contribution in [2.75, 3.05) is 5.32 Å². The Hall–Kier alpha value is -1.88. The van der Waals surface area contributed by atoms with Crippen molar-refractivity contribution < 1.29 is 4.79 Å². The maximum absolute atomic E-state index is 12.2. The second kappa shape index (κ2) is 6.48. The molecule has 0 saturated heterocycles. The van der Waals surface area contributed by atoms with Crippen LogP contribution < -0.4 is 5.32 Å². The summed E-state index contributed by atoms with van der Waals surface area (Å²) in [5.41, 5.74) is 1.88. The minimum atomic E-state index is -0.295. The number of anilines is 1. The van der Waals surface area contributed by atoms with E-state index in [9.17, 15) is 4.79 Å². The summed E-state index contributed by atoms with van der Waals surface area (Å²) in [7, 11) is 0. The van der Waals surface area contributed by atoms with E-state index in [1.165, 1.54) is 11.3 Å². The number of thiazole rings is 1. The minimum Gasteiger partial charge on any atom is -0.321 e. The number of hydrogen-bond donors (Lipinski definition) is 1. The molecule has 0 radical (unpaired) electrons. The number of benzene rings is 2. The molecular weight excluding hydrogens is 339 g/mol. The molecule has 1 N–H and O–H groups in total. The van der Waals surface area contributed by atoms with Crippen molar-refractivity contribution >= 4 is 46.1 Å².